The van der Waals surface area contributed by atoms with Crippen LogP contribution >= 0.6 is 11.3 Å². The van der Waals surface area contributed by atoms with Crippen molar-refractivity contribution in [3.63, 3.8) is 0 Å². The molecule has 2 aromatic rings. The molecule has 174 valence electrons. The highest BCUT2D eigenvalue weighted by atomic mass is 32.1. The molecule has 7 heteroatoms. The van der Waals surface area contributed by atoms with Crippen molar-refractivity contribution in [3.8, 4) is 11.5 Å². The van der Waals surface area contributed by atoms with Gasteiger partial charge >= 0.3 is 0 Å². The van der Waals surface area contributed by atoms with Gasteiger partial charge in [0.2, 0.25) is 11.8 Å². The first-order valence-corrected chi connectivity index (χ1v) is 12.3. The van der Waals surface area contributed by atoms with Crippen molar-refractivity contribution >= 4 is 23.2 Å². The maximum Gasteiger partial charge on any atom is 0.247 e. The number of carbonyl (C=O) groups excluding carboxylic acids is 2. The number of rotatable bonds is 11. The molecule has 32 heavy (non-hydrogen) atoms. The molecule has 3 rings (SSSR count). The van der Waals surface area contributed by atoms with Crippen molar-refractivity contribution in [2.75, 3.05) is 20.8 Å². The standard InChI is InChI=1S/C25H34N2O4S/c1-4-5-14-27(23(28)17-20-11-8-15-32-20)24(25(29)26-19-9-6-7-10-19)18-12-13-21(30-2)22(16-18)31-3/h8,11-13,15-16,19,24H,4-7,9-10,14,17H2,1-3H3,(H,26,29). The van der Waals surface area contributed by atoms with Gasteiger partial charge < -0.3 is 19.7 Å². The number of methoxy groups -OCH3 is 2. The number of ether oxygens (including phenoxy) is 2. The molecule has 0 bridgehead atoms. The number of unbranched alkanes of at least 4 members (excludes halogenated alkanes) is 1. The van der Waals surface area contributed by atoms with Crippen molar-refractivity contribution in [1.29, 1.82) is 0 Å². The molecule has 0 aliphatic heterocycles. The van der Waals surface area contributed by atoms with Gasteiger partial charge in [-0.1, -0.05) is 38.3 Å². The first-order chi connectivity index (χ1) is 15.6. The Balaban J connectivity index is 1.96. The summed E-state index contributed by atoms with van der Waals surface area (Å²) in [5, 5.41) is 5.18. The largest absolute Gasteiger partial charge is 0.493 e. The highest BCUT2D eigenvalue weighted by molar-refractivity contribution is 7.10. The van der Waals surface area contributed by atoms with E-state index in [0.29, 0.717) is 24.5 Å². The quantitative estimate of drug-likeness (QED) is 0.528. The molecule has 6 nitrogen and oxygen atoms in total. The summed E-state index contributed by atoms with van der Waals surface area (Å²) in [6.45, 7) is 2.61. The van der Waals surface area contributed by atoms with Crippen molar-refractivity contribution < 1.29 is 19.1 Å². The van der Waals surface area contributed by atoms with Crippen LogP contribution in [0.25, 0.3) is 0 Å². The normalized spacial score (nSPS) is 14.7. The molecular formula is C25H34N2O4S. The van der Waals surface area contributed by atoms with Gasteiger partial charge in [-0.15, -0.1) is 11.3 Å². The fourth-order valence-corrected chi connectivity index (χ4v) is 4.93. The molecule has 1 aromatic carbocycles. The lowest BCUT2D eigenvalue weighted by atomic mass is 10.0. The molecule has 1 N–H and O–H groups in total. The molecular weight excluding hydrogens is 424 g/mol. The average Bonchev–Trinajstić information content (AvgIpc) is 3.50. The molecule has 1 aliphatic carbocycles. The third-order valence-electron chi connectivity index (χ3n) is 5.96. The summed E-state index contributed by atoms with van der Waals surface area (Å²) in [6, 6.07) is 8.84. The number of nitrogens with one attached hydrogen (secondary N) is 1. The molecule has 0 radical (unpaired) electrons. The number of benzene rings is 1. The van der Waals surface area contributed by atoms with Gasteiger partial charge in [0.1, 0.15) is 6.04 Å². The van der Waals surface area contributed by atoms with Crippen LogP contribution in [-0.4, -0.2) is 43.5 Å². The monoisotopic (exact) mass is 458 g/mol. The third kappa shape index (κ3) is 6.03. The predicted octanol–water partition coefficient (Wildman–Crippen LogP) is 4.74. The smallest absolute Gasteiger partial charge is 0.247 e. The van der Waals surface area contributed by atoms with Gasteiger partial charge in [-0.05, 0) is 48.4 Å². The summed E-state index contributed by atoms with van der Waals surface area (Å²) in [7, 11) is 3.16. The number of thiophene rings is 1. The number of nitrogens with zero attached hydrogens (tertiary/aromatic N) is 1. The van der Waals surface area contributed by atoms with Gasteiger partial charge in [0.15, 0.2) is 11.5 Å². The van der Waals surface area contributed by atoms with Crippen molar-refractivity contribution in [2.24, 2.45) is 0 Å². The third-order valence-corrected chi connectivity index (χ3v) is 6.84. The Hall–Kier alpha value is -2.54. The van der Waals surface area contributed by atoms with E-state index in [1.165, 1.54) is 0 Å². The minimum absolute atomic E-state index is 0.0396. The van der Waals surface area contributed by atoms with Crippen LogP contribution in [0.5, 0.6) is 11.5 Å². The summed E-state index contributed by atoms with van der Waals surface area (Å²) in [5.74, 6) is 0.975. The van der Waals surface area contributed by atoms with Crippen LogP contribution in [-0.2, 0) is 16.0 Å². The maximum atomic E-state index is 13.6. The fraction of sp³-hybridized carbons (Fsp3) is 0.520. The highest BCUT2D eigenvalue weighted by Crippen LogP contribution is 2.33. The number of amides is 2. The molecule has 1 saturated carbocycles. The Morgan fingerprint density at radius 3 is 2.53 bits per heavy atom. The molecule has 1 atom stereocenters. The lowest BCUT2D eigenvalue weighted by Gasteiger charge is -2.32. The molecule has 1 heterocycles. The predicted molar refractivity (Wildman–Crippen MR) is 127 cm³/mol. The van der Waals surface area contributed by atoms with Crippen LogP contribution < -0.4 is 14.8 Å². The number of hydrogen-bond donors (Lipinski definition) is 1. The van der Waals surface area contributed by atoms with Crippen molar-refractivity contribution in [1.82, 2.24) is 10.2 Å². The second-order valence-electron chi connectivity index (χ2n) is 8.20. The zero-order valence-corrected chi connectivity index (χ0v) is 20.1. The molecule has 1 unspecified atom stereocenters. The van der Waals surface area contributed by atoms with Crippen molar-refractivity contribution in [2.45, 2.75) is 64.0 Å². The zero-order chi connectivity index (χ0) is 22.9. The van der Waals surface area contributed by atoms with Gasteiger partial charge in [0, 0.05) is 17.5 Å². The lowest BCUT2D eigenvalue weighted by molar-refractivity contribution is -0.140. The summed E-state index contributed by atoms with van der Waals surface area (Å²) < 4.78 is 10.9. The van der Waals surface area contributed by atoms with E-state index in [2.05, 4.69) is 12.2 Å². The Morgan fingerprint density at radius 2 is 1.91 bits per heavy atom. The lowest BCUT2D eigenvalue weighted by Crippen LogP contribution is -2.47. The van der Waals surface area contributed by atoms with Crippen LogP contribution in [0.3, 0.4) is 0 Å². The fourth-order valence-electron chi connectivity index (χ4n) is 4.24. The van der Waals surface area contributed by atoms with E-state index >= 15 is 0 Å². The minimum atomic E-state index is -0.714. The highest BCUT2D eigenvalue weighted by Gasteiger charge is 2.33. The van der Waals surface area contributed by atoms with Crippen LogP contribution in [0.15, 0.2) is 35.7 Å². The Kier molecular flexibility index (Phi) is 8.97. The molecule has 1 aliphatic rings. The van der Waals surface area contributed by atoms with E-state index in [1.54, 1.807) is 36.5 Å². The SMILES string of the molecule is CCCCN(C(=O)Cc1cccs1)C(C(=O)NC1CCCC1)c1ccc(OC)c(OC)c1. The Morgan fingerprint density at radius 1 is 1.16 bits per heavy atom. The van der Waals surface area contributed by atoms with Crippen LogP contribution in [0.4, 0.5) is 0 Å². The van der Waals surface area contributed by atoms with Gasteiger partial charge in [0.05, 0.1) is 20.6 Å². The maximum absolute atomic E-state index is 13.6. The van der Waals surface area contributed by atoms with E-state index in [9.17, 15) is 9.59 Å². The van der Waals surface area contributed by atoms with Crippen LogP contribution in [0, 0.1) is 0 Å². The van der Waals surface area contributed by atoms with E-state index in [1.807, 2.05) is 29.6 Å². The molecule has 0 spiro atoms. The first kappa shape index (κ1) is 24.1. The van der Waals surface area contributed by atoms with Gasteiger partial charge in [-0.3, -0.25) is 9.59 Å². The Labute approximate surface area is 194 Å². The second kappa shape index (κ2) is 11.9. The van der Waals surface area contributed by atoms with Gasteiger partial charge in [-0.25, -0.2) is 0 Å². The zero-order valence-electron chi connectivity index (χ0n) is 19.3. The van der Waals surface area contributed by atoms with Gasteiger partial charge in [-0.2, -0.15) is 0 Å². The first-order valence-electron chi connectivity index (χ1n) is 11.4. The van der Waals surface area contributed by atoms with Crippen LogP contribution in [0.2, 0.25) is 0 Å². The van der Waals surface area contributed by atoms with Gasteiger partial charge in [0.25, 0.3) is 0 Å². The number of carbonyl (C=O) groups is 2. The summed E-state index contributed by atoms with van der Waals surface area (Å²) in [4.78, 5) is 29.8. The Bertz CT molecular complexity index is 878. The minimum Gasteiger partial charge on any atom is -0.493 e. The molecule has 2 amide bonds. The van der Waals surface area contributed by atoms with E-state index in [0.717, 1.165) is 49.0 Å². The summed E-state index contributed by atoms with van der Waals surface area (Å²) in [6.07, 6.45) is 6.29. The molecule has 0 saturated heterocycles. The second-order valence-corrected chi connectivity index (χ2v) is 9.24. The summed E-state index contributed by atoms with van der Waals surface area (Å²) in [5.41, 5.74) is 0.730. The van der Waals surface area contributed by atoms with E-state index < -0.39 is 6.04 Å². The summed E-state index contributed by atoms with van der Waals surface area (Å²) >= 11 is 1.56. The van der Waals surface area contributed by atoms with E-state index in [-0.39, 0.29) is 17.9 Å². The topological polar surface area (TPSA) is 67.9 Å². The van der Waals surface area contributed by atoms with E-state index in [4.69, 9.17) is 9.47 Å². The molecule has 1 fully saturated rings. The average molecular weight is 459 g/mol. The van der Waals surface area contributed by atoms with Crippen molar-refractivity contribution in [3.05, 3.63) is 46.2 Å². The molecule has 1 aromatic heterocycles. The number of hydrogen-bond acceptors (Lipinski definition) is 5. The van der Waals surface area contributed by atoms with Crippen LogP contribution in [0.1, 0.15) is 61.9 Å².